The highest BCUT2D eigenvalue weighted by atomic mass is 16.2. The third kappa shape index (κ3) is 4.53. The molecule has 2 aromatic heterocycles. The number of fused-ring (bicyclic) bond motifs is 2. The number of benzene rings is 3. The molecule has 0 spiro atoms. The van der Waals surface area contributed by atoms with Gasteiger partial charge in [-0.05, 0) is 17.2 Å². The number of aromatic nitrogens is 4. The first-order chi connectivity index (χ1) is 18.2. The van der Waals surface area contributed by atoms with Crippen molar-refractivity contribution < 1.29 is 4.79 Å². The molecule has 5 aromatic rings. The summed E-state index contributed by atoms with van der Waals surface area (Å²) in [7, 11) is 0. The second-order valence-electron chi connectivity index (χ2n) is 9.11. The molecule has 0 radical (unpaired) electrons. The number of amides is 1. The van der Waals surface area contributed by atoms with E-state index in [-0.39, 0.29) is 12.5 Å². The quantitative estimate of drug-likeness (QED) is 0.310. The Morgan fingerprint density at radius 1 is 0.946 bits per heavy atom. The summed E-state index contributed by atoms with van der Waals surface area (Å²) in [6, 6.07) is 25.7. The highest BCUT2D eigenvalue weighted by molar-refractivity contribution is 5.94. The van der Waals surface area contributed by atoms with Gasteiger partial charge in [0.1, 0.15) is 12.4 Å². The molecule has 0 N–H and O–H groups in total. The lowest BCUT2D eigenvalue weighted by molar-refractivity contribution is -0.119. The van der Waals surface area contributed by atoms with Crippen molar-refractivity contribution in [3.8, 4) is 11.3 Å². The summed E-state index contributed by atoms with van der Waals surface area (Å²) in [5.41, 5.74) is 6.58. The van der Waals surface area contributed by atoms with E-state index in [1.54, 1.807) is 12.5 Å². The summed E-state index contributed by atoms with van der Waals surface area (Å²) in [6.45, 7) is 8.37. The summed E-state index contributed by atoms with van der Waals surface area (Å²) >= 11 is 0. The smallest absolute Gasteiger partial charge is 0.247 e. The fourth-order valence-corrected chi connectivity index (χ4v) is 4.77. The molecule has 0 aliphatic carbocycles. The van der Waals surface area contributed by atoms with Crippen molar-refractivity contribution in [1.29, 1.82) is 0 Å². The number of rotatable bonds is 5. The average molecular weight is 485 g/mol. The van der Waals surface area contributed by atoms with E-state index in [4.69, 9.17) is 11.6 Å². The van der Waals surface area contributed by atoms with Gasteiger partial charge in [0.05, 0.1) is 31.7 Å². The number of imidazole rings is 2. The lowest BCUT2D eigenvalue weighted by Gasteiger charge is -2.23. The van der Waals surface area contributed by atoms with Gasteiger partial charge >= 0.3 is 0 Å². The van der Waals surface area contributed by atoms with Gasteiger partial charge in [-0.1, -0.05) is 72.8 Å². The minimum Gasteiger partial charge on any atom is -0.328 e. The van der Waals surface area contributed by atoms with Gasteiger partial charge in [-0.2, -0.15) is 0 Å². The third-order valence-electron chi connectivity index (χ3n) is 6.71. The third-order valence-corrected chi connectivity index (χ3v) is 6.71. The SMILES string of the molecule is [C-]#[N+]c1ccc(Cc2cncn2CC(=O)N2Cc3nc(-c4ccccc4)cn3Cc3ccccc32)cc1. The van der Waals surface area contributed by atoms with Crippen LogP contribution in [0.5, 0.6) is 0 Å². The summed E-state index contributed by atoms with van der Waals surface area (Å²) < 4.78 is 4.05. The van der Waals surface area contributed by atoms with Gasteiger partial charge in [0.15, 0.2) is 5.69 Å². The standard InChI is InChI=1S/C30H24N6O/c1-31-25-13-11-22(12-14-25)15-26-16-32-21-35(26)20-30(37)36-19-29-33-27(23-7-3-2-4-8-23)18-34(29)17-24-9-5-6-10-28(24)36/h2-14,16,18,21H,15,17,19-20H2. The Morgan fingerprint density at radius 3 is 2.54 bits per heavy atom. The van der Waals surface area contributed by atoms with Crippen LogP contribution in [0.15, 0.2) is 97.6 Å². The number of carbonyl (C=O) groups is 1. The van der Waals surface area contributed by atoms with Crippen LogP contribution in [0.2, 0.25) is 0 Å². The van der Waals surface area contributed by atoms with Gasteiger partial charge in [0.2, 0.25) is 5.91 Å². The van der Waals surface area contributed by atoms with Crippen LogP contribution >= 0.6 is 0 Å². The molecule has 7 heteroatoms. The minimum absolute atomic E-state index is 0.0206. The number of anilines is 1. The Labute approximate surface area is 215 Å². The molecule has 0 fully saturated rings. The van der Waals surface area contributed by atoms with Gasteiger partial charge in [-0.25, -0.2) is 14.8 Å². The average Bonchev–Trinajstić information content (AvgIpc) is 3.51. The fraction of sp³-hybridized carbons (Fsp3) is 0.133. The van der Waals surface area contributed by atoms with Gasteiger partial charge in [-0.3, -0.25) is 4.79 Å². The highest BCUT2D eigenvalue weighted by Gasteiger charge is 2.26. The van der Waals surface area contributed by atoms with Crippen LogP contribution in [0.3, 0.4) is 0 Å². The van der Waals surface area contributed by atoms with Gasteiger partial charge in [-0.15, -0.1) is 0 Å². The zero-order chi connectivity index (χ0) is 25.2. The topological polar surface area (TPSA) is 60.3 Å². The van der Waals surface area contributed by atoms with Crippen LogP contribution in [0.25, 0.3) is 16.1 Å². The zero-order valence-corrected chi connectivity index (χ0v) is 20.2. The van der Waals surface area contributed by atoms with E-state index < -0.39 is 0 Å². The maximum absolute atomic E-state index is 13.8. The van der Waals surface area contributed by atoms with Crippen molar-refractivity contribution in [3.63, 3.8) is 0 Å². The Hall–Kier alpha value is -4.96. The molecule has 37 heavy (non-hydrogen) atoms. The minimum atomic E-state index is -0.0206. The summed E-state index contributed by atoms with van der Waals surface area (Å²) in [4.78, 5) is 28.3. The van der Waals surface area contributed by atoms with Crippen molar-refractivity contribution in [2.24, 2.45) is 0 Å². The second-order valence-corrected chi connectivity index (χ2v) is 9.11. The van der Waals surface area contributed by atoms with Crippen molar-refractivity contribution >= 4 is 17.3 Å². The molecule has 0 unspecified atom stereocenters. The molecule has 3 heterocycles. The van der Waals surface area contributed by atoms with Crippen molar-refractivity contribution in [2.45, 2.75) is 26.1 Å². The van der Waals surface area contributed by atoms with Gasteiger partial charge < -0.3 is 14.0 Å². The van der Waals surface area contributed by atoms with Crippen molar-refractivity contribution in [2.75, 3.05) is 4.90 Å². The van der Waals surface area contributed by atoms with E-state index >= 15 is 0 Å². The predicted octanol–water partition coefficient (Wildman–Crippen LogP) is 5.48. The molecule has 1 aliphatic rings. The highest BCUT2D eigenvalue weighted by Crippen LogP contribution is 2.30. The maximum atomic E-state index is 13.8. The van der Waals surface area contributed by atoms with Crippen LogP contribution in [0.4, 0.5) is 11.4 Å². The Bertz CT molecular complexity index is 1610. The summed E-state index contributed by atoms with van der Waals surface area (Å²) in [5, 5.41) is 0. The van der Waals surface area contributed by atoms with E-state index in [0.29, 0.717) is 25.2 Å². The fourth-order valence-electron chi connectivity index (χ4n) is 4.77. The molecular formula is C30H24N6O. The number of para-hydroxylation sites is 1. The lowest BCUT2D eigenvalue weighted by Crippen LogP contribution is -2.34. The molecule has 0 saturated heterocycles. The van der Waals surface area contributed by atoms with Crippen LogP contribution < -0.4 is 4.90 Å². The van der Waals surface area contributed by atoms with E-state index in [9.17, 15) is 4.79 Å². The Kier molecular flexibility index (Phi) is 5.83. The number of hydrogen-bond acceptors (Lipinski definition) is 3. The maximum Gasteiger partial charge on any atom is 0.247 e. The molecule has 7 nitrogen and oxygen atoms in total. The Morgan fingerprint density at radius 2 is 1.73 bits per heavy atom. The van der Waals surface area contributed by atoms with E-state index in [1.165, 1.54) is 0 Å². The number of carbonyl (C=O) groups excluding carboxylic acids is 1. The molecule has 1 aliphatic heterocycles. The summed E-state index contributed by atoms with van der Waals surface area (Å²) in [6.07, 6.45) is 6.21. The molecule has 0 atom stereocenters. The molecule has 0 saturated carbocycles. The first-order valence-corrected chi connectivity index (χ1v) is 12.1. The number of nitrogens with zero attached hydrogens (tertiary/aromatic N) is 6. The van der Waals surface area contributed by atoms with Gasteiger partial charge in [0.25, 0.3) is 0 Å². The van der Waals surface area contributed by atoms with Crippen LogP contribution in [0.1, 0.15) is 22.6 Å². The Balaban J connectivity index is 1.28. The predicted molar refractivity (Wildman–Crippen MR) is 142 cm³/mol. The zero-order valence-electron chi connectivity index (χ0n) is 20.2. The van der Waals surface area contributed by atoms with Gasteiger partial charge in [0, 0.05) is 35.8 Å². The molecular weight excluding hydrogens is 460 g/mol. The number of hydrogen-bond donors (Lipinski definition) is 0. The largest absolute Gasteiger partial charge is 0.328 e. The molecule has 3 aromatic carbocycles. The van der Waals surface area contributed by atoms with Crippen molar-refractivity contribution in [3.05, 3.63) is 132 Å². The van der Waals surface area contributed by atoms with Crippen LogP contribution in [-0.2, 0) is 30.8 Å². The first kappa shape index (κ1) is 22.5. The molecule has 6 rings (SSSR count). The molecule has 1 amide bonds. The lowest BCUT2D eigenvalue weighted by atomic mass is 10.1. The van der Waals surface area contributed by atoms with E-state index in [0.717, 1.165) is 39.6 Å². The first-order valence-electron chi connectivity index (χ1n) is 12.1. The van der Waals surface area contributed by atoms with Crippen LogP contribution in [0, 0.1) is 6.57 Å². The molecule has 0 bridgehead atoms. The van der Waals surface area contributed by atoms with Crippen molar-refractivity contribution in [1.82, 2.24) is 19.1 Å². The normalized spacial score (nSPS) is 12.4. The van der Waals surface area contributed by atoms with E-state index in [1.807, 2.05) is 70.1 Å². The molecule has 180 valence electrons. The van der Waals surface area contributed by atoms with E-state index in [2.05, 4.69) is 38.8 Å². The van der Waals surface area contributed by atoms with Crippen LogP contribution in [-0.4, -0.2) is 25.0 Å². The monoisotopic (exact) mass is 484 g/mol. The summed E-state index contributed by atoms with van der Waals surface area (Å²) in [5.74, 6) is 0.835. The second kappa shape index (κ2) is 9.59.